The highest BCUT2D eigenvalue weighted by molar-refractivity contribution is 5.67. The summed E-state index contributed by atoms with van der Waals surface area (Å²) in [5.41, 5.74) is 0.195. The van der Waals surface area contributed by atoms with Gasteiger partial charge in [-0.1, -0.05) is 12.1 Å². The van der Waals surface area contributed by atoms with Gasteiger partial charge in [0.15, 0.2) is 5.75 Å². The minimum absolute atomic E-state index is 0.00400. The number of benzene rings is 2. The molecule has 0 unspecified atom stereocenters. The van der Waals surface area contributed by atoms with Crippen molar-refractivity contribution in [1.29, 1.82) is 5.26 Å². The van der Waals surface area contributed by atoms with Gasteiger partial charge in [-0.25, -0.2) is 4.39 Å². The smallest absolute Gasteiger partial charge is 0.404 e. The second-order valence-electron chi connectivity index (χ2n) is 4.01. The number of rotatable bonds is 3. The number of anilines is 2. The van der Waals surface area contributed by atoms with Gasteiger partial charge in [-0.05, 0) is 30.3 Å². The van der Waals surface area contributed by atoms with E-state index < -0.39 is 17.9 Å². The lowest BCUT2D eigenvalue weighted by Gasteiger charge is -2.14. The lowest BCUT2D eigenvalue weighted by Crippen LogP contribution is -2.17. The maximum atomic E-state index is 13.3. The summed E-state index contributed by atoms with van der Waals surface area (Å²) in [6.07, 6.45) is -4.84. The largest absolute Gasteiger partial charge is 0.573 e. The molecule has 0 spiro atoms. The molecular weight excluding hydrogens is 288 g/mol. The molecule has 1 N–H and O–H groups in total. The Morgan fingerprint density at radius 2 is 1.81 bits per heavy atom. The van der Waals surface area contributed by atoms with Crippen molar-refractivity contribution in [3.8, 4) is 11.8 Å². The lowest BCUT2D eigenvalue weighted by molar-refractivity contribution is -0.274. The maximum absolute atomic E-state index is 13.3. The zero-order valence-electron chi connectivity index (χ0n) is 10.4. The number of nitriles is 1. The minimum Gasteiger partial charge on any atom is -0.404 e. The van der Waals surface area contributed by atoms with E-state index >= 15 is 0 Å². The van der Waals surface area contributed by atoms with Crippen LogP contribution in [0.4, 0.5) is 28.9 Å². The van der Waals surface area contributed by atoms with Crippen LogP contribution in [-0.4, -0.2) is 6.36 Å². The molecule has 0 saturated heterocycles. The molecule has 0 fully saturated rings. The normalized spacial score (nSPS) is 10.8. The molecule has 7 heteroatoms. The van der Waals surface area contributed by atoms with Crippen LogP contribution in [0.25, 0.3) is 0 Å². The third-order valence-corrected chi connectivity index (χ3v) is 2.42. The average Bonchev–Trinajstić information content (AvgIpc) is 2.38. The highest BCUT2D eigenvalue weighted by Gasteiger charge is 2.32. The average molecular weight is 296 g/mol. The van der Waals surface area contributed by atoms with Gasteiger partial charge in [0.1, 0.15) is 5.82 Å². The van der Waals surface area contributed by atoms with E-state index in [1.807, 2.05) is 0 Å². The van der Waals surface area contributed by atoms with E-state index in [0.29, 0.717) is 0 Å². The van der Waals surface area contributed by atoms with Crippen LogP contribution in [0.5, 0.6) is 5.75 Å². The Balaban J connectivity index is 2.32. The Kier molecular flexibility index (Phi) is 3.98. The van der Waals surface area contributed by atoms with Crippen molar-refractivity contribution in [3.05, 3.63) is 53.8 Å². The predicted molar refractivity (Wildman–Crippen MR) is 67.5 cm³/mol. The summed E-state index contributed by atoms with van der Waals surface area (Å²) < 4.78 is 54.0. The minimum atomic E-state index is -4.84. The molecule has 3 nitrogen and oxygen atoms in total. The number of ether oxygens (including phenoxy) is 1. The molecule has 108 valence electrons. The van der Waals surface area contributed by atoms with Crippen LogP contribution in [0, 0.1) is 17.1 Å². The van der Waals surface area contributed by atoms with Gasteiger partial charge >= 0.3 is 6.36 Å². The van der Waals surface area contributed by atoms with Gasteiger partial charge in [-0.3, -0.25) is 0 Å². The Hall–Kier alpha value is -2.75. The molecule has 0 amide bonds. The van der Waals surface area contributed by atoms with Crippen LogP contribution in [0.15, 0.2) is 42.5 Å². The third kappa shape index (κ3) is 4.11. The summed E-state index contributed by atoms with van der Waals surface area (Å²) in [7, 11) is 0. The summed E-state index contributed by atoms with van der Waals surface area (Å²) >= 11 is 0. The monoisotopic (exact) mass is 296 g/mol. The molecule has 2 aromatic rings. The summed E-state index contributed by atoms with van der Waals surface area (Å²) in [5, 5.41) is 11.3. The van der Waals surface area contributed by atoms with Crippen molar-refractivity contribution < 1.29 is 22.3 Å². The number of hydrogen-bond acceptors (Lipinski definition) is 3. The van der Waals surface area contributed by atoms with Crippen molar-refractivity contribution in [2.24, 2.45) is 0 Å². The van der Waals surface area contributed by atoms with E-state index in [1.54, 1.807) is 6.07 Å². The molecule has 0 bridgehead atoms. The van der Waals surface area contributed by atoms with Crippen LogP contribution in [-0.2, 0) is 0 Å². The number of halogens is 4. The molecule has 0 aliphatic rings. The van der Waals surface area contributed by atoms with E-state index in [-0.39, 0.29) is 16.9 Å². The Bertz CT molecular complexity index is 692. The second kappa shape index (κ2) is 5.71. The Morgan fingerprint density at radius 3 is 2.48 bits per heavy atom. The van der Waals surface area contributed by atoms with Gasteiger partial charge in [0.25, 0.3) is 0 Å². The number of para-hydroxylation sites is 2. The quantitative estimate of drug-likeness (QED) is 0.857. The maximum Gasteiger partial charge on any atom is 0.573 e. The van der Waals surface area contributed by atoms with Gasteiger partial charge in [0.2, 0.25) is 0 Å². The Morgan fingerprint density at radius 1 is 1.10 bits per heavy atom. The van der Waals surface area contributed by atoms with Crippen LogP contribution in [0.1, 0.15) is 5.56 Å². The zero-order valence-corrected chi connectivity index (χ0v) is 10.4. The third-order valence-electron chi connectivity index (χ3n) is 2.42. The first-order chi connectivity index (χ1) is 9.87. The molecule has 0 radical (unpaired) electrons. The highest BCUT2D eigenvalue weighted by atomic mass is 19.4. The molecule has 0 atom stereocenters. The molecule has 0 heterocycles. The first-order valence-electron chi connectivity index (χ1n) is 5.70. The number of alkyl halides is 3. The highest BCUT2D eigenvalue weighted by Crippen LogP contribution is 2.32. The summed E-state index contributed by atoms with van der Waals surface area (Å²) in [5.74, 6) is -1.13. The first kappa shape index (κ1) is 14.7. The van der Waals surface area contributed by atoms with E-state index in [0.717, 1.165) is 18.2 Å². The van der Waals surface area contributed by atoms with Crippen molar-refractivity contribution >= 4 is 11.4 Å². The number of nitrogens with one attached hydrogen (secondary N) is 1. The standard InChI is InChI=1S/C14H8F4N2O/c15-10-5-9(8-19)6-11(7-10)20-12-3-1-2-4-13(12)21-14(16,17)18/h1-7,20H. The molecule has 0 saturated carbocycles. The molecule has 21 heavy (non-hydrogen) atoms. The van der Waals surface area contributed by atoms with Gasteiger partial charge in [-0.2, -0.15) is 5.26 Å². The van der Waals surface area contributed by atoms with Crippen molar-refractivity contribution in [1.82, 2.24) is 0 Å². The van der Waals surface area contributed by atoms with Gasteiger partial charge in [-0.15, -0.1) is 13.2 Å². The fourth-order valence-corrected chi connectivity index (χ4v) is 1.67. The first-order valence-corrected chi connectivity index (χ1v) is 5.70. The van der Waals surface area contributed by atoms with Crippen molar-refractivity contribution in [2.45, 2.75) is 6.36 Å². The summed E-state index contributed by atoms with van der Waals surface area (Å²) in [4.78, 5) is 0. The molecule has 0 aromatic heterocycles. The second-order valence-corrected chi connectivity index (χ2v) is 4.01. The van der Waals surface area contributed by atoms with Crippen molar-refractivity contribution in [2.75, 3.05) is 5.32 Å². The van der Waals surface area contributed by atoms with E-state index in [2.05, 4.69) is 10.1 Å². The van der Waals surface area contributed by atoms with E-state index in [1.165, 1.54) is 24.3 Å². The molecule has 0 aliphatic carbocycles. The number of nitrogens with zero attached hydrogens (tertiary/aromatic N) is 1. The van der Waals surface area contributed by atoms with Gasteiger partial charge in [0, 0.05) is 5.69 Å². The van der Waals surface area contributed by atoms with Gasteiger partial charge in [0.05, 0.1) is 17.3 Å². The number of hydrogen-bond donors (Lipinski definition) is 1. The van der Waals surface area contributed by atoms with Crippen LogP contribution in [0.3, 0.4) is 0 Å². The van der Waals surface area contributed by atoms with Crippen LogP contribution >= 0.6 is 0 Å². The van der Waals surface area contributed by atoms with E-state index in [4.69, 9.17) is 5.26 Å². The molecular formula is C14H8F4N2O. The fourth-order valence-electron chi connectivity index (χ4n) is 1.67. The zero-order chi connectivity index (χ0) is 15.5. The van der Waals surface area contributed by atoms with Crippen LogP contribution in [0.2, 0.25) is 0 Å². The summed E-state index contributed by atoms with van der Waals surface area (Å²) in [6, 6.07) is 10.5. The molecule has 0 aliphatic heterocycles. The van der Waals surface area contributed by atoms with Crippen molar-refractivity contribution in [3.63, 3.8) is 0 Å². The predicted octanol–water partition coefficient (Wildman–Crippen LogP) is 4.34. The van der Waals surface area contributed by atoms with Crippen LogP contribution < -0.4 is 10.1 Å². The summed E-state index contributed by atoms with van der Waals surface area (Å²) in [6.45, 7) is 0. The fraction of sp³-hybridized carbons (Fsp3) is 0.0714. The van der Waals surface area contributed by atoms with Gasteiger partial charge < -0.3 is 10.1 Å². The Labute approximate surface area is 117 Å². The molecule has 2 aromatic carbocycles. The lowest BCUT2D eigenvalue weighted by atomic mass is 10.2. The molecule has 2 rings (SSSR count). The van der Waals surface area contributed by atoms with E-state index in [9.17, 15) is 17.6 Å². The SMILES string of the molecule is N#Cc1cc(F)cc(Nc2ccccc2OC(F)(F)F)c1. The topological polar surface area (TPSA) is 45.0 Å².